The lowest BCUT2D eigenvalue weighted by molar-refractivity contribution is -0.121. The summed E-state index contributed by atoms with van der Waals surface area (Å²) in [5.74, 6) is 0.148. The highest BCUT2D eigenvalue weighted by Crippen LogP contribution is 2.13. The van der Waals surface area contributed by atoms with Gasteiger partial charge >= 0.3 is 0 Å². The van der Waals surface area contributed by atoms with Crippen LogP contribution in [0.25, 0.3) is 0 Å². The van der Waals surface area contributed by atoms with E-state index in [9.17, 15) is 9.90 Å². The second-order valence-corrected chi connectivity index (χ2v) is 7.75. The summed E-state index contributed by atoms with van der Waals surface area (Å²) in [4.78, 5) is 11.8. The van der Waals surface area contributed by atoms with Gasteiger partial charge in [0.1, 0.15) is 0 Å². The Balaban J connectivity index is 1.87. The standard InChI is InChI=1S/C24H41NO2/c1-2-3-4-5-6-7-12-17-23(26)18-13-9-14-19-24(27)25-21-20-22-15-10-8-11-16-22/h8,10-11,15-16,23,26H,2-7,9,12-14,17-21H2,1H3,(H,25,27). The molecule has 154 valence electrons. The van der Waals surface area contributed by atoms with Crippen molar-refractivity contribution in [2.24, 2.45) is 0 Å². The first kappa shape index (κ1) is 23.7. The summed E-state index contributed by atoms with van der Waals surface area (Å²) in [5.41, 5.74) is 1.26. The Labute approximate surface area is 167 Å². The number of carbonyl (C=O) groups is 1. The van der Waals surface area contributed by atoms with Gasteiger partial charge in [-0.25, -0.2) is 0 Å². The van der Waals surface area contributed by atoms with Gasteiger partial charge in [0, 0.05) is 13.0 Å². The quantitative estimate of drug-likeness (QED) is 0.338. The maximum absolute atomic E-state index is 11.8. The number of aliphatic hydroxyl groups is 1. The van der Waals surface area contributed by atoms with Crippen LogP contribution in [0.3, 0.4) is 0 Å². The molecule has 2 N–H and O–H groups in total. The number of hydrogen-bond donors (Lipinski definition) is 2. The molecule has 3 nitrogen and oxygen atoms in total. The van der Waals surface area contributed by atoms with Crippen molar-refractivity contribution in [1.29, 1.82) is 0 Å². The zero-order valence-corrected chi connectivity index (χ0v) is 17.4. The van der Waals surface area contributed by atoms with Gasteiger partial charge in [0.2, 0.25) is 5.91 Å². The molecule has 0 aliphatic carbocycles. The Morgan fingerprint density at radius 1 is 0.889 bits per heavy atom. The van der Waals surface area contributed by atoms with Crippen molar-refractivity contribution in [1.82, 2.24) is 5.32 Å². The summed E-state index contributed by atoms with van der Waals surface area (Å²) >= 11 is 0. The van der Waals surface area contributed by atoms with Gasteiger partial charge in [0.15, 0.2) is 0 Å². The molecule has 0 radical (unpaired) electrons. The van der Waals surface area contributed by atoms with Crippen LogP contribution in [0.15, 0.2) is 30.3 Å². The maximum atomic E-state index is 11.8. The molecule has 0 fully saturated rings. The van der Waals surface area contributed by atoms with Crippen LogP contribution in [0.5, 0.6) is 0 Å². The van der Waals surface area contributed by atoms with E-state index in [1.165, 1.54) is 44.1 Å². The Morgan fingerprint density at radius 3 is 2.15 bits per heavy atom. The molecule has 1 amide bonds. The molecule has 1 unspecified atom stereocenters. The highest BCUT2D eigenvalue weighted by atomic mass is 16.3. The second-order valence-electron chi connectivity index (χ2n) is 7.75. The van der Waals surface area contributed by atoms with Crippen LogP contribution in [0.2, 0.25) is 0 Å². The predicted molar refractivity (Wildman–Crippen MR) is 115 cm³/mol. The smallest absolute Gasteiger partial charge is 0.220 e. The maximum Gasteiger partial charge on any atom is 0.220 e. The van der Waals surface area contributed by atoms with Crippen molar-refractivity contribution in [2.45, 2.75) is 103 Å². The lowest BCUT2D eigenvalue weighted by Crippen LogP contribution is -2.25. The summed E-state index contributed by atoms with van der Waals surface area (Å²) in [6.07, 6.45) is 15.2. The molecular formula is C24H41NO2. The molecule has 1 aromatic carbocycles. The van der Waals surface area contributed by atoms with Crippen LogP contribution >= 0.6 is 0 Å². The van der Waals surface area contributed by atoms with E-state index in [0.717, 1.165) is 44.9 Å². The number of carbonyl (C=O) groups excluding carboxylic acids is 1. The molecule has 0 aromatic heterocycles. The van der Waals surface area contributed by atoms with Crippen LogP contribution in [-0.4, -0.2) is 23.7 Å². The first-order chi connectivity index (χ1) is 13.2. The van der Waals surface area contributed by atoms with Crippen LogP contribution in [0.1, 0.15) is 96.0 Å². The van der Waals surface area contributed by atoms with E-state index in [-0.39, 0.29) is 12.0 Å². The van der Waals surface area contributed by atoms with E-state index in [2.05, 4.69) is 24.4 Å². The van der Waals surface area contributed by atoms with Gasteiger partial charge in [-0.15, -0.1) is 0 Å². The Morgan fingerprint density at radius 2 is 1.48 bits per heavy atom. The highest BCUT2D eigenvalue weighted by molar-refractivity contribution is 5.75. The third-order valence-corrected chi connectivity index (χ3v) is 5.16. The first-order valence-corrected chi connectivity index (χ1v) is 11.2. The van der Waals surface area contributed by atoms with Crippen molar-refractivity contribution in [3.8, 4) is 0 Å². The fraction of sp³-hybridized carbons (Fsp3) is 0.708. The van der Waals surface area contributed by atoms with E-state index >= 15 is 0 Å². The summed E-state index contributed by atoms with van der Waals surface area (Å²) < 4.78 is 0. The molecule has 0 heterocycles. The normalized spacial score (nSPS) is 12.1. The zero-order chi connectivity index (χ0) is 19.6. The minimum absolute atomic E-state index is 0.148. The van der Waals surface area contributed by atoms with Crippen molar-refractivity contribution >= 4 is 5.91 Å². The molecule has 0 aliphatic heterocycles. The van der Waals surface area contributed by atoms with Gasteiger partial charge in [-0.3, -0.25) is 4.79 Å². The van der Waals surface area contributed by atoms with Crippen LogP contribution in [0.4, 0.5) is 0 Å². The van der Waals surface area contributed by atoms with Gasteiger partial charge in [-0.05, 0) is 31.2 Å². The molecule has 1 atom stereocenters. The number of aliphatic hydroxyl groups excluding tert-OH is 1. The Bertz CT molecular complexity index is 461. The van der Waals surface area contributed by atoms with Gasteiger partial charge in [-0.1, -0.05) is 95.0 Å². The first-order valence-electron chi connectivity index (χ1n) is 11.2. The fourth-order valence-corrected chi connectivity index (χ4v) is 3.40. The summed E-state index contributed by atoms with van der Waals surface area (Å²) in [7, 11) is 0. The monoisotopic (exact) mass is 375 g/mol. The van der Waals surface area contributed by atoms with Crippen molar-refractivity contribution in [3.63, 3.8) is 0 Å². The Hall–Kier alpha value is -1.35. The van der Waals surface area contributed by atoms with Crippen molar-refractivity contribution in [2.75, 3.05) is 6.54 Å². The van der Waals surface area contributed by atoms with E-state index in [1.54, 1.807) is 0 Å². The minimum Gasteiger partial charge on any atom is -0.393 e. The van der Waals surface area contributed by atoms with E-state index in [0.29, 0.717) is 13.0 Å². The topological polar surface area (TPSA) is 49.3 Å². The lowest BCUT2D eigenvalue weighted by Gasteiger charge is -2.10. The Kier molecular flexibility index (Phi) is 14.7. The predicted octanol–water partition coefficient (Wildman–Crippen LogP) is 5.80. The molecule has 0 saturated carbocycles. The molecule has 1 rings (SSSR count). The fourth-order valence-electron chi connectivity index (χ4n) is 3.40. The minimum atomic E-state index is -0.152. The molecule has 0 aliphatic rings. The van der Waals surface area contributed by atoms with Gasteiger partial charge in [0.05, 0.1) is 6.10 Å². The van der Waals surface area contributed by atoms with E-state index in [1.807, 2.05) is 18.2 Å². The van der Waals surface area contributed by atoms with Gasteiger partial charge < -0.3 is 10.4 Å². The second kappa shape index (κ2) is 16.8. The number of hydrogen-bond acceptors (Lipinski definition) is 2. The summed E-state index contributed by atoms with van der Waals surface area (Å²) in [6, 6.07) is 10.2. The number of amides is 1. The number of nitrogens with one attached hydrogen (secondary N) is 1. The largest absolute Gasteiger partial charge is 0.393 e. The van der Waals surface area contributed by atoms with E-state index < -0.39 is 0 Å². The molecule has 0 bridgehead atoms. The highest BCUT2D eigenvalue weighted by Gasteiger charge is 2.05. The number of benzene rings is 1. The van der Waals surface area contributed by atoms with Crippen LogP contribution in [0, 0.1) is 0 Å². The third-order valence-electron chi connectivity index (χ3n) is 5.16. The third kappa shape index (κ3) is 14.4. The van der Waals surface area contributed by atoms with Crippen molar-refractivity contribution in [3.05, 3.63) is 35.9 Å². The summed E-state index contributed by atoms with van der Waals surface area (Å²) in [6.45, 7) is 2.95. The average molecular weight is 376 g/mol. The number of rotatable bonds is 17. The SMILES string of the molecule is CCCCCCCCCC(O)CCCCCC(=O)NCCc1ccccc1. The van der Waals surface area contributed by atoms with Crippen LogP contribution < -0.4 is 5.32 Å². The molecule has 1 aromatic rings. The van der Waals surface area contributed by atoms with Gasteiger partial charge in [0.25, 0.3) is 0 Å². The lowest BCUT2D eigenvalue weighted by atomic mass is 10.0. The molecular weight excluding hydrogens is 334 g/mol. The van der Waals surface area contributed by atoms with Gasteiger partial charge in [-0.2, -0.15) is 0 Å². The van der Waals surface area contributed by atoms with E-state index in [4.69, 9.17) is 0 Å². The molecule has 27 heavy (non-hydrogen) atoms. The van der Waals surface area contributed by atoms with Crippen molar-refractivity contribution < 1.29 is 9.90 Å². The number of unbranched alkanes of at least 4 members (excludes halogenated alkanes) is 8. The molecule has 0 saturated heterocycles. The average Bonchev–Trinajstić information content (AvgIpc) is 2.68. The molecule has 3 heteroatoms. The zero-order valence-electron chi connectivity index (χ0n) is 17.4. The van der Waals surface area contributed by atoms with Crippen LogP contribution in [-0.2, 0) is 11.2 Å². The summed E-state index contributed by atoms with van der Waals surface area (Å²) in [5, 5.41) is 13.0. The molecule has 0 spiro atoms.